The van der Waals surface area contributed by atoms with Crippen LogP contribution in [-0.2, 0) is 28.7 Å². The van der Waals surface area contributed by atoms with Crippen molar-refractivity contribution in [2.45, 2.75) is 44.5 Å². The summed E-state index contributed by atoms with van der Waals surface area (Å²) in [6.07, 6.45) is 2.30. The van der Waals surface area contributed by atoms with Crippen molar-refractivity contribution in [1.82, 2.24) is 24.6 Å². The second-order valence-corrected chi connectivity index (χ2v) is 7.91. The minimum absolute atomic E-state index is 0.227. The maximum absolute atomic E-state index is 12.6. The Labute approximate surface area is 145 Å². The van der Waals surface area contributed by atoms with E-state index in [2.05, 4.69) is 20.0 Å². The lowest BCUT2D eigenvalue weighted by Crippen LogP contribution is -2.34. The first kappa shape index (κ1) is 16.2. The van der Waals surface area contributed by atoms with Crippen LogP contribution in [0.5, 0.6) is 0 Å². The van der Waals surface area contributed by atoms with Crippen molar-refractivity contribution < 1.29 is 12.9 Å². The van der Waals surface area contributed by atoms with Gasteiger partial charge in [0.25, 0.3) is 0 Å². The van der Waals surface area contributed by atoms with Gasteiger partial charge in [0.05, 0.1) is 6.04 Å². The Balaban J connectivity index is 1.57. The lowest BCUT2D eigenvalue weighted by Gasteiger charge is -2.22. The highest BCUT2D eigenvalue weighted by Crippen LogP contribution is 2.25. The molecule has 25 heavy (non-hydrogen) atoms. The Morgan fingerprint density at radius 3 is 3.04 bits per heavy atom. The number of aromatic nitrogens is 4. The summed E-state index contributed by atoms with van der Waals surface area (Å²) >= 11 is 0. The van der Waals surface area contributed by atoms with Gasteiger partial charge in [0.2, 0.25) is 10.0 Å². The molecule has 1 aliphatic heterocycles. The van der Waals surface area contributed by atoms with Crippen LogP contribution in [0.4, 0.5) is 0 Å². The summed E-state index contributed by atoms with van der Waals surface area (Å²) in [4.78, 5) is 4.47. The maximum Gasteiger partial charge on any atom is 0.218 e. The van der Waals surface area contributed by atoms with Crippen LogP contribution in [0.2, 0.25) is 0 Å². The largest absolute Gasteiger partial charge is 0.356 e. The molecule has 0 spiro atoms. The lowest BCUT2D eigenvalue weighted by molar-refractivity contribution is 0.399. The van der Waals surface area contributed by atoms with E-state index in [1.54, 1.807) is 16.8 Å². The predicted octanol–water partition coefficient (Wildman–Crippen LogP) is 1.94. The van der Waals surface area contributed by atoms with E-state index in [4.69, 9.17) is 4.52 Å². The fraction of sp³-hybridized carbons (Fsp3) is 0.438. The van der Waals surface area contributed by atoms with Crippen LogP contribution >= 0.6 is 0 Å². The van der Waals surface area contributed by atoms with Crippen LogP contribution < -0.4 is 4.72 Å². The van der Waals surface area contributed by atoms with Gasteiger partial charge < -0.3 is 4.52 Å². The lowest BCUT2D eigenvalue weighted by atomic mass is 10.1. The Hall–Kier alpha value is -2.26. The van der Waals surface area contributed by atoms with Gasteiger partial charge in [-0.1, -0.05) is 24.2 Å². The van der Waals surface area contributed by atoms with Crippen molar-refractivity contribution in [2.24, 2.45) is 0 Å². The number of rotatable bonds is 5. The number of benzene rings is 1. The van der Waals surface area contributed by atoms with E-state index in [1.807, 2.05) is 19.1 Å². The molecule has 0 unspecified atom stereocenters. The van der Waals surface area contributed by atoms with Crippen LogP contribution in [0.1, 0.15) is 43.1 Å². The van der Waals surface area contributed by atoms with Gasteiger partial charge in [0.15, 0.2) is 11.4 Å². The third kappa shape index (κ3) is 3.16. The first-order valence-corrected chi connectivity index (χ1v) is 9.98. The number of nitrogens with one attached hydrogen (secondary N) is 1. The molecule has 4 rings (SSSR count). The summed E-state index contributed by atoms with van der Waals surface area (Å²) in [7, 11) is -3.59. The van der Waals surface area contributed by atoms with E-state index >= 15 is 0 Å². The molecule has 1 aromatic carbocycles. The minimum Gasteiger partial charge on any atom is -0.356 e. The molecule has 132 valence electrons. The molecule has 1 atom stereocenters. The summed E-state index contributed by atoms with van der Waals surface area (Å²) in [5, 5.41) is 9.03. The second-order valence-electron chi connectivity index (χ2n) is 6.16. The van der Waals surface area contributed by atoms with E-state index in [0.717, 1.165) is 25.2 Å². The van der Waals surface area contributed by atoms with Gasteiger partial charge in [-0.25, -0.2) is 22.8 Å². The number of aryl methyl sites for hydroxylation is 2. The number of hydrogen-bond acceptors (Lipinski definition) is 6. The Kier molecular flexibility index (Phi) is 4.04. The van der Waals surface area contributed by atoms with Gasteiger partial charge >= 0.3 is 0 Å². The Morgan fingerprint density at radius 1 is 1.36 bits per heavy atom. The zero-order chi connectivity index (χ0) is 17.4. The fourth-order valence-corrected chi connectivity index (χ4v) is 4.45. The van der Waals surface area contributed by atoms with Crippen LogP contribution in [0.3, 0.4) is 0 Å². The van der Waals surface area contributed by atoms with Gasteiger partial charge in [-0.2, -0.15) is 5.10 Å². The van der Waals surface area contributed by atoms with Crippen LogP contribution in [0.15, 0.2) is 28.8 Å². The standard InChI is InChI=1S/C16H19N5O3S/c1-2-15-17-16-12(7-5-9-21(16)18-15)20-25(22,23)10-13-11-6-3-4-8-14(11)24-19-13/h3-4,6,8,12,20H,2,5,7,9-10H2,1H3/t12-/m1/s1. The number of para-hydroxylation sites is 1. The molecule has 8 nitrogen and oxygen atoms in total. The molecule has 0 radical (unpaired) electrons. The summed E-state index contributed by atoms with van der Waals surface area (Å²) < 4.78 is 35.0. The smallest absolute Gasteiger partial charge is 0.218 e. The zero-order valence-corrected chi connectivity index (χ0v) is 14.7. The van der Waals surface area contributed by atoms with E-state index < -0.39 is 10.0 Å². The first-order valence-electron chi connectivity index (χ1n) is 8.32. The van der Waals surface area contributed by atoms with E-state index in [-0.39, 0.29) is 11.8 Å². The summed E-state index contributed by atoms with van der Waals surface area (Å²) in [5.74, 6) is 1.20. The van der Waals surface area contributed by atoms with Crippen LogP contribution in [0.25, 0.3) is 11.0 Å². The van der Waals surface area contributed by atoms with Crippen molar-refractivity contribution in [3.05, 3.63) is 41.6 Å². The first-order chi connectivity index (χ1) is 12.1. The molecule has 0 bridgehead atoms. The molecular weight excluding hydrogens is 342 g/mol. The van der Waals surface area contributed by atoms with Gasteiger partial charge in [-0.05, 0) is 25.0 Å². The number of hydrogen-bond donors (Lipinski definition) is 1. The highest BCUT2D eigenvalue weighted by atomic mass is 32.2. The normalized spacial score (nSPS) is 17.7. The average Bonchev–Trinajstić information content (AvgIpc) is 3.19. The summed E-state index contributed by atoms with van der Waals surface area (Å²) in [6, 6.07) is 6.87. The summed E-state index contributed by atoms with van der Waals surface area (Å²) in [6.45, 7) is 2.75. The second kappa shape index (κ2) is 6.23. The summed E-state index contributed by atoms with van der Waals surface area (Å²) in [5.41, 5.74) is 0.993. The van der Waals surface area contributed by atoms with Gasteiger partial charge in [0.1, 0.15) is 17.3 Å². The topological polar surface area (TPSA) is 103 Å². The number of nitrogens with zero attached hydrogens (tertiary/aromatic N) is 4. The van der Waals surface area contributed by atoms with Gasteiger partial charge in [0, 0.05) is 18.4 Å². The third-order valence-corrected chi connectivity index (χ3v) is 5.63. The quantitative estimate of drug-likeness (QED) is 0.745. The molecule has 0 aliphatic carbocycles. The molecule has 2 aromatic heterocycles. The highest BCUT2D eigenvalue weighted by Gasteiger charge is 2.29. The minimum atomic E-state index is -3.59. The molecule has 3 heterocycles. The SMILES string of the molecule is CCc1nc2n(n1)CCC[C@H]2NS(=O)(=O)Cc1noc2ccccc12. The van der Waals surface area contributed by atoms with Crippen LogP contribution in [0, 0.1) is 0 Å². The van der Waals surface area contributed by atoms with Crippen molar-refractivity contribution in [3.8, 4) is 0 Å². The molecule has 0 amide bonds. The molecule has 3 aromatic rings. The molecule has 0 fully saturated rings. The zero-order valence-electron chi connectivity index (χ0n) is 13.8. The predicted molar refractivity (Wildman–Crippen MR) is 91.1 cm³/mol. The Morgan fingerprint density at radius 2 is 2.20 bits per heavy atom. The molecule has 1 aliphatic rings. The number of sulfonamides is 1. The highest BCUT2D eigenvalue weighted by molar-refractivity contribution is 7.88. The van der Waals surface area contributed by atoms with E-state index in [9.17, 15) is 8.42 Å². The maximum atomic E-state index is 12.6. The van der Waals surface area contributed by atoms with Crippen molar-refractivity contribution in [2.75, 3.05) is 0 Å². The van der Waals surface area contributed by atoms with Gasteiger partial charge in [-0.3, -0.25) is 0 Å². The van der Waals surface area contributed by atoms with E-state index in [0.29, 0.717) is 28.9 Å². The van der Waals surface area contributed by atoms with Crippen molar-refractivity contribution in [3.63, 3.8) is 0 Å². The van der Waals surface area contributed by atoms with Crippen LogP contribution in [-0.4, -0.2) is 28.3 Å². The van der Waals surface area contributed by atoms with E-state index in [1.165, 1.54) is 0 Å². The van der Waals surface area contributed by atoms with Crippen molar-refractivity contribution >= 4 is 21.0 Å². The molecular formula is C16H19N5O3S. The monoisotopic (exact) mass is 361 g/mol. The fourth-order valence-electron chi connectivity index (χ4n) is 3.14. The van der Waals surface area contributed by atoms with Crippen molar-refractivity contribution in [1.29, 1.82) is 0 Å². The molecule has 9 heteroatoms. The molecule has 1 N–H and O–H groups in total. The molecule has 0 saturated carbocycles. The number of fused-ring (bicyclic) bond motifs is 2. The van der Waals surface area contributed by atoms with Gasteiger partial charge in [-0.15, -0.1) is 0 Å². The molecule has 0 saturated heterocycles. The average molecular weight is 361 g/mol. The third-order valence-electron chi connectivity index (χ3n) is 4.34. The Bertz CT molecular complexity index is 1010.